The van der Waals surface area contributed by atoms with Gasteiger partial charge in [0.1, 0.15) is 5.69 Å². The van der Waals surface area contributed by atoms with Gasteiger partial charge in [-0.25, -0.2) is 4.98 Å². The van der Waals surface area contributed by atoms with Crippen LogP contribution in [-0.4, -0.2) is 43.2 Å². The topological polar surface area (TPSA) is 118 Å². The molecule has 108 valence electrons. The molecular weight excluding hydrogens is 272 g/mol. The Morgan fingerprint density at radius 1 is 1.20 bits per heavy atom. The Labute approximate surface area is 113 Å². The highest BCUT2D eigenvalue weighted by Crippen LogP contribution is 2.29. The van der Waals surface area contributed by atoms with Crippen LogP contribution in [0.1, 0.15) is 11.6 Å². The molecule has 0 N–H and O–H groups in total. The Bertz CT molecular complexity index is 528. The van der Waals surface area contributed by atoms with Gasteiger partial charge >= 0.3 is 11.9 Å². The van der Waals surface area contributed by atoms with Gasteiger partial charge in [-0.15, -0.1) is 0 Å². The minimum atomic E-state index is -1.65. The molecule has 1 aromatic rings. The van der Waals surface area contributed by atoms with E-state index in [0.29, 0.717) is 0 Å². The third kappa shape index (κ3) is 2.99. The third-order valence-electron chi connectivity index (χ3n) is 2.43. The van der Waals surface area contributed by atoms with Crippen molar-refractivity contribution < 1.29 is 28.7 Å². The molecule has 0 radical (unpaired) electrons. The minimum absolute atomic E-state index is 0.0170. The van der Waals surface area contributed by atoms with Crippen LogP contribution in [0.15, 0.2) is 12.1 Å². The molecule has 0 atom stereocenters. The van der Waals surface area contributed by atoms with E-state index in [9.17, 15) is 19.7 Å². The molecular formula is C11H12N2O7. The monoisotopic (exact) mass is 284 g/mol. The summed E-state index contributed by atoms with van der Waals surface area (Å²) in [5.74, 6) is -3.66. The molecule has 0 unspecified atom stereocenters. The number of hydrogen-bond donors (Lipinski definition) is 0. The molecule has 1 rings (SSSR count). The summed E-state index contributed by atoms with van der Waals surface area (Å²) in [5.41, 5.74) is -0.903. The number of methoxy groups -OCH3 is 3. The number of nitro groups is 1. The molecule has 0 amide bonds. The van der Waals surface area contributed by atoms with E-state index < -0.39 is 34.2 Å². The van der Waals surface area contributed by atoms with Crippen molar-refractivity contribution in [2.24, 2.45) is 0 Å². The summed E-state index contributed by atoms with van der Waals surface area (Å²) >= 11 is 0. The molecule has 0 bridgehead atoms. The standard InChI is InChI=1S/C11H12N2O7/c1-18-7-5-4-6(13(16)17)9(12-7)8(10(14)19-2)11(15)20-3/h4-5,8H,1-3H3. The van der Waals surface area contributed by atoms with Crippen molar-refractivity contribution in [1.29, 1.82) is 0 Å². The van der Waals surface area contributed by atoms with Crippen molar-refractivity contribution in [3.8, 4) is 5.88 Å². The van der Waals surface area contributed by atoms with E-state index in [1.54, 1.807) is 0 Å². The lowest BCUT2D eigenvalue weighted by molar-refractivity contribution is -0.386. The van der Waals surface area contributed by atoms with Crippen molar-refractivity contribution >= 4 is 17.6 Å². The zero-order valence-electron chi connectivity index (χ0n) is 11.0. The predicted molar refractivity (Wildman–Crippen MR) is 64.2 cm³/mol. The number of hydrogen-bond acceptors (Lipinski definition) is 8. The molecule has 9 heteroatoms. The fourth-order valence-electron chi connectivity index (χ4n) is 1.48. The molecule has 0 aliphatic heterocycles. The summed E-state index contributed by atoms with van der Waals surface area (Å²) < 4.78 is 13.7. The predicted octanol–water partition coefficient (Wildman–Crippen LogP) is 0.428. The van der Waals surface area contributed by atoms with Gasteiger partial charge in [0, 0.05) is 12.1 Å². The minimum Gasteiger partial charge on any atom is -0.481 e. The number of aromatic nitrogens is 1. The molecule has 1 heterocycles. The normalized spacial score (nSPS) is 10.0. The molecule has 0 fully saturated rings. The van der Waals surface area contributed by atoms with Crippen LogP contribution >= 0.6 is 0 Å². The first kappa shape index (κ1) is 15.3. The SMILES string of the molecule is COC(=O)C(C(=O)OC)c1nc(OC)ccc1[N+](=O)[O-]. The van der Waals surface area contributed by atoms with Gasteiger partial charge in [0.05, 0.1) is 26.3 Å². The van der Waals surface area contributed by atoms with Gasteiger partial charge in [-0.1, -0.05) is 0 Å². The molecule has 0 aliphatic rings. The highest BCUT2D eigenvalue weighted by Gasteiger charge is 2.38. The quantitative estimate of drug-likeness (QED) is 0.330. The molecule has 9 nitrogen and oxygen atoms in total. The maximum atomic E-state index is 11.7. The second-order valence-electron chi connectivity index (χ2n) is 3.49. The Morgan fingerprint density at radius 3 is 2.15 bits per heavy atom. The second-order valence-corrected chi connectivity index (χ2v) is 3.49. The first-order valence-electron chi connectivity index (χ1n) is 5.31. The van der Waals surface area contributed by atoms with Gasteiger partial charge in [-0.3, -0.25) is 19.7 Å². The van der Waals surface area contributed by atoms with Crippen molar-refractivity contribution in [2.75, 3.05) is 21.3 Å². The molecule has 0 aliphatic carbocycles. The van der Waals surface area contributed by atoms with E-state index in [4.69, 9.17) is 4.74 Å². The van der Waals surface area contributed by atoms with Crippen LogP contribution in [0.25, 0.3) is 0 Å². The summed E-state index contributed by atoms with van der Waals surface area (Å²) in [5, 5.41) is 11.0. The van der Waals surface area contributed by atoms with Gasteiger partial charge in [0.25, 0.3) is 5.69 Å². The number of rotatable bonds is 5. The van der Waals surface area contributed by atoms with E-state index >= 15 is 0 Å². The number of carbonyl (C=O) groups excluding carboxylic acids is 2. The van der Waals surface area contributed by atoms with Gasteiger partial charge in [0.2, 0.25) is 11.8 Å². The summed E-state index contributed by atoms with van der Waals surface area (Å²) in [7, 11) is 3.39. The van der Waals surface area contributed by atoms with E-state index in [2.05, 4.69) is 14.5 Å². The molecule has 20 heavy (non-hydrogen) atoms. The van der Waals surface area contributed by atoms with Crippen LogP contribution in [0.5, 0.6) is 5.88 Å². The summed E-state index contributed by atoms with van der Waals surface area (Å²) in [6, 6.07) is 2.33. The highest BCUT2D eigenvalue weighted by atomic mass is 16.6. The van der Waals surface area contributed by atoms with Crippen LogP contribution in [-0.2, 0) is 19.1 Å². The number of carbonyl (C=O) groups is 2. The number of pyridine rings is 1. The van der Waals surface area contributed by atoms with Crippen LogP contribution in [0, 0.1) is 10.1 Å². The number of esters is 2. The number of ether oxygens (including phenoxy) is 3. The summed E-state index contributed by atoms with van der Waals surface area (Å²) in [6.45, 7) is 0. The molecule has 0 aromatic carbocycles. The van der Waals surface area contributed by atoms with Gasteiger partial charge in [-0.05, 0) is 0 Å². The van der Waals surface area contributed by atoms with Crippen LogP contribution in [0.2, 0.25) is 0 Å². The Hall–Kier alpha value is -2.71. The molecule has 1 aromatic heterocycles. The fraction of sp³-hybridized carbons (Fsp3) is 0.364. The van der Waals surface area contributed by atoms with Crippen molar-refractivity contribution in [3.05, 3.63) is 27.9 Å². The highest BCUT2D eigenvalue weighted by molar-refractivity contribution is 6.01. The maximum Gasteiger partial charge on any atom is 0.326 e. The lowest BCUT2D eigenvalue weighted by Crippen LogP contribution is -2.26. The smallest absolute Gasteiger partial charge is 0.326 e. The molecule has 0 saturated heterocycles. The first-order valence-corrected chi connectivity index (χ1v) is 5.31. The van der Waals surface area contributed by atoms with Crippen molar-refractivity contribution in [1.82, 2.24) is 4.98 Å². The summed E-state index contributed by atoms with van der Waals surface area (Å²) in [4.78, 5) is 37.3. The molecule has 0 saturated carbocycles. The zero-order chi connectivity index (χ0) is 15.3. The van der Waals surface area contributed by atoms with Crippen molar-refractivity contribution in [2.45, 2.75) is 5.92 Å². The third-order valence-corrected chi connectivity index (χ3v) is 2.43. The zero-order valence-corrected chi connectivity index (χ0v) is 11.0. The maximum absolute atomic E-state index is 11.7. The van der Waals surface area contributed by atoms with Crippen LogP contribution < -0.4 is 4.74 Å². The molecule has 0 spiro atoms. The Balaban J connectivity index is 3.47. The van der Waals surface area contributed by atoms with E-state index in [1.807, 2.05) is 0 Å². The van der Waals surface area contributed by atoms with Crippen molar-refractivity contribution in [3.63, 3.8) is 0 Å². The van der Waals surface area contributed by atoms with Gasteiger partial charge in [0.15, 0.2) is 0 Å². The number of nitrogens with zero attached hydrogens (tertiary/aromatic N) is 2. The van der Waals surface area contributed by atoms with Crippen LogP contribution in [0.4, 0.5) is 5.69 Å². The second kappa shape index (κ2) is 6.45. The fourth-order valence-corrected chi connectivity index (χ4v) is 1.48. The average Bonchev–Trinajstić information content (AvgIpc) is 2.46. The first-order chi connectivity index (χ1) is 9.46. The van der Waals surface area contributed by atoms with E-state index in [-0.39, 0.29) is 5.88 Å². The lowest BCUT2D eigenvalue weighted by atomic mass is 10.0. The van der Waals surface area contributed by atoms with E-state index in [1.165, 1.54) is 13.2 Å². The Morgan fingerprint density at radius 2 is 1.75 bits per heavy atom. The summed E-state index contributed by atoms with van der Waals surface area (Å²) in [6.07, 6.45) is 0. The lowest BCUT2D eigenvalue weighted by Gasteiger charge is -2.12. The van der Waals surface area contributed by atoms with Gasteiger partial charge in [-0.2, -0.15) is 0 Å². The Kier molecular flexibility index (Phi) is 4.95. The largest absolute Gasteiger partial charge is 0.481 e. The van der Waals surface area contributed by atoms with E-state index in [0.717, 1.165) is 20.3 Å². The van der Waals surface area contributed by atoms with Crippen LogP contribution in [0.3, 0.4) is 0 Å². The van der Waals surface area contributed by atoms with Gasteiger partial charge < -0.3 is 14.2 Å². The average molecular weight is 284 g/mol.